The zero-order valence-corrected chi connectivity index (χ0v) is 23.6. The van der Waals surface area contributed by atoms with Gasteiger partial charge in [-0.15, -0.1) is 0 Å². The van der Waals surface area contributed by atoms with Crippen LogP contribution in [0.4, 0.5) is 0 Å². The summed E-state index contributed by atoms with van der Waals surface area (Å²) in [4.78, 5) is 10.5. The molecule has 7 heteroatoms. The first-order valence-electron chi connectivity index (χ1n) is 12.5. The maximum absolute atomic E-state index is 10.8. The summed E-state index contributed by atoms with van der Waals surface area (Å²) in [7, 11) is 1.66. The van der Waals surface area contributed by atoms with Crippen LogP contribution in [-0.2, 0) is 19.0 Å². The number of hydrogen-bond donors (Lipinski definition) is 1. The fourth-order valence-corrected chi connectivity index (χ4v) is 3.74. The Balaban J connectivity index is 0. The van der Waals surface area contributed by atoms with Crippen LogP contribution in [0.2, 0.25) is 0 Å². The Morgan fingerprint density at radius 1 is 0.844 bits per heavy atom. The minimum absolute atomic E-state index is 0. The maximum Gasteiger partial charge on any atom is 1.00 e. The summed E-state index contributed by atoms with van der Waals surface area (Å²) in [5, 5.41) is 21.2. The molecule has 0 aliphatic carbocycles. The van der Waals surface area contributed by atoms with Gasteiger partial charge in [-0.05, 0) is 39.5 Å². The quantitative estimate of drug-likeness (QED) is 0.180. The Morgan fingerprint density at radius 2 is 1.41 bits per heavy atom. The molecule has 6 nitrogen and oxygen atoms in total. The number of carbonyl (C=O) groups is 1. The van der Waals surface area contributed by atoms with E-state index in [1.807, 2.05) is 13.8 Å². The van der Waals surface area contributed by atoms with Crippen LogP contribution in [0.25, 0.3) is 0 Å². The molecule has 0 aliphatic heterocycles. The molecular weight excluding hydrogens is 419 g/mol. The Hall–Kier alpha value is 0.310. The Bertz CT molecular complexity index is 410. The SMILES string of the molecule is CCCCCCCCC(O)C(CCCCCCCC(=O)[O-])OC(C)COC(C)COC.[Na+]. The predicted molar refractivity (Wildman–Crippen MR) is 123 cm³/mol. The smallest absolute Gasteiger partial charge is 0.550 e. The summed E-state index contributed by atoms with van der Waals surface area (Å²) >= 11 is 0. The average molecular weight is 469 g/mol. The molecule has 0 heterocycles. The van der Waals surface area contributed by atoms with Crippen molar-refractivity contribution in [2.45, 2.75) is 135 Å². The first-order valence-corrected chi connectivity index (χ1v) is 12.5. The number of carboxylic acid groups (broad SMARTS) is 1. The van der Waals surface area contributed by atoms with E-state index < -0.39 is 12.1 Å². The van der Waals surface area contributed by atoms with Gasteiger partial charge in [0.05, 0.1) is 37.6 Å². The number of carbonyl (C=O) groups excluding carboxylic acids is 1. The van der Waals surface area contributed by atoms with Gasteiger partial charge in [-0.25, -0.2) is 0 Å². The molecule has 4 atom stereocenters. The Morgan fingerprint density at radius 3 is 2.00 bits per heavy atom. The maximum atomic E-state index is 10.8. The van der Waals surface area contributed by atoms with Gasteiger partial charge in [-0.3, -0.25) is 0 Å². The van der Waals surface area contributed by atoms with Crippen LogP contribution < -0.4 is 34.7 Å². The van der Waals surface area contributed by atoms with Crippen molar-refractivity contribution in [3.8, 4) is 0 Å². The number of rotatable bonds is 23. The molecule has 186 valence electrons. The van der Waals surface area contributed by atoms with E-state index in [4.69, 9.17) is 14.2 Å². The summed E-state index contributed by atoms with van der Waals surface area (Å²) < 4.78 is 17.1. The number of carboxylic acids is 1. The molecule has 32 heavy (non-hydrogen) atoms. The monoisotopic (exact) mass is 468 g/mol. The van der Waals surface area contributed by atoms with Crippen molar-refractivity contribution in [3.05, 3.63) is 0 Å². The minimum atomic E-state index is -0.970. The number of ether oxygens (including phenoxy) is 3. The normalized spacial score (nSPS) is 15.0. The summed E-state index contributed by atoms with van der Waals surface area (Å²) in [6.45, 7) is 7.21. The number of aliphatic hydroxyl groups is 1. The van der Waals surface area contributed by atoms with Crippen LogP contribution in [0, 0.1) is 0 Å². The molecule has 4 unspecified atom stereocenters. The molecule has 0 bridgehead atoms. The average Bonchev–Trinajstić information content (AvgIpc) is 2.73. The third-order valence-electron chi connectivity index (χ3n) is 5.58. The van der Waals surface area contributed by atoms with Crippen molar-refractivity contribution >= 4 is 5.97 Å². The van der Waals surface area contributed by atoms with Gasteiger partial charge in [0.25, 0.3) is 0 Å². The van der Waals surface area contributed by atoms with E-state index in [1.165, 1.54) is 25.7 Å². The van der Waals surface area contributed by atoms with Crippen molar-refractivity contribution in [3.63, 3.8) is 0 Å². The second-order valence-electron chi connectivity index (χ2n) is 8.89. The van der Waals surface area contributed by atoms with Crippen molar-refractivity contribution in [2.75, 3.05) is 20.3 Å². The van der Waals surface area contributed by atoms with Crippen molar-refractivity contribution in [1.29, 1.82) is 0 Å². The summed E-state index contributed by atoms with van der Waals surface area (Å²) in [5.41, 5.74) is 0. The van der Waals surface area contributed by atoms with Gasteiger partial charge in [-0.1, -0.05) is 71.1 Å². The fraction of sp³-hybridized carbons (Fsp3) is 0.960. The molecule has 0 aromatic carbocycles. The van der Waals surface area contributed by atoms with Crippen LogP contribution in [0.15, 0.2) is 0 Å². The molecule has 0 fully saturated rings. The van der Waals surface area contributed by atoms with E-state index in [0.717, 1.165) is 51.4 Å². The molecule has 0 saturated carbocycles. The third-order valence-corrected chi connectivity index (χ3v) is 5.58. The molecule has 0 aliphatic rings. The van der Waals surface area contributed by atoms with E-state index in [2.05, 4.69) is 6.92 Å². The Kier molecular flexibility index (Phi) is 26.3. The number of hydrogen-bond acceptors (Lipinski definition) is 6. The van der Waals surface area contributed by atoms with Gasteiger partial charge in [0.1, 0.15) is 0 Å². The van der Waals surface area contributed by atoms with Crippen LogP contribution in [0.3, 0.4) is 0 Å². The minimum Gasteiger partial charge on any atom is -0.550 e. The van der Waals surface area contributed by atoms with Crippen molar-refractivity contribution < 1.29 is 58.8 Å². The number of aliphatic hydroxyl groups excluding tert-OH is 1. The first kappa shape index (κ1) is 34.5. The molecule has 1 N–H and O–H groups in total. The largest absolute Gasteiger partial charge is 1.00 e. The molecule has 0 amide bonds. The standard InChI is InChI=1S/C25H50O6.Na/c1-5-6-7-8-10-13-16-23(26)24(17-14-11-9-12-15-18-25(27)28)31-22(3)20-30-21(2)19-29-4;/h21-24,26H,5-20H2,1-4H3,(H,27,28);/q;+1/p-1. The number of methoxy groups -OCH3 is 1. The van der Waals surface area contributed by atoms with Crippen LogP contribution in [-0.4, -0.2) is 55.8 Å². The van der Waals surface area contributed by atoms with E-state index in [9.17, 15) is 15.0 Å². The van der Waals surface area contributed by atoms with E-state index >= 15 is 0 Å². The molecule has 0 radical (unpaired) electrons. The van der Waals surface area contributed by atoms with Gasteiger partial charge >= 0.3 is 29.6 Å². The molecule has 0 aromatic heterocycles. The zero-order valence-electron chi connectivity index (χ0n) is 21.6. The second kappa shape index (κ2) is 24.4. The van der Waals surface area contributed by atoms with Crippen molar-refractivity contribution in [2.24, 2.45) is 0 Å². The fourth-order valence-electron chi connectivity index (χ4n) is 3.74. The molecular formula is C25H49NaO6. The van der Waals surface area contributed by atoms with Crippen molar-refractivity contribution in [1.82, 2.24) is 0 Å². The van der Waals surface area contributed by atoms with Gasteiger partial charge in [0.15, 0.2) is 0 Å². The molecule has 0 saturated heterocycles. The predicted octanol–water partition coefficient (Wildman–Crippen LogP) is 1.41. The summed E-state index contributed by atoms with van der Waals surface area (Å²) in [6.07, 6.45) is 12.8. The van der Waals surface area contributed by atoms with Gasteiger partial charge in [-0.2, -0.15) is 0 Å². The van der Waals surface area contributed by atoms with E-state index in [0.29, 0.717) is 19.6 Å². The second-order valence-corrected chi connectivity index (χ2v) is 8.89. The molecule has 0 rings (SSSR count). The zero-order chi connectivity index (χ0) is 23.3. The molecule has 0 aromatic rings. The molecule has 0 spiro atoms. The van der Waals surface area contributed by atoms with E-state index in [1.54, 1.807) is 7.11 Å². The first-order chi connectivity index (χ1) is 14.9. The Labute approximate surface area is 219 Å². The van der Waals surface area contributed by atoms with Crippen LogP contribution >= 0.6 is 0 Å². The van der Waals surface area contributed by atoms with E-state index in [-0.39, 0.29) is 54.3 Å². The van der Waals surface area contributed by atoms with Crippen LogP contribution in [0.5, 0.6) is 0 Å². The van der Waals surface area contributed by atoms with Gasteiger partial charge < -0.3 is 29.2 Å². The summed E-state index contributed by atoms with van der Waals surface area (Å²) in [6, 6.07) is 0. The van der Waals surface area contributed by atoms with Gasteiger partial charge in [0.2, 0.25) is 0 Å². The van der Waals surface area contributed by atoms with Crippen LogP contribution in [0.1, 0.15) is 111 Å². The third kappa shape index (κ3) is 22.1. The number of aliphatic carboxylic acids is 1. The topological polar surface area (TPSA) is 88.1 Å². The summed E-state index contributed by atoms with van der Waals surface area (Å²) in [5.74, 6) is -0.970. The number of unbranched alkanes of at least 4 members (excludes halogenated alkanes) is 9. The van der Waals surface area contributed by atoms with Gasteiger partial charge in [0, 0.05) is 13.1 Å².